The average molecular weight is 573 g/mol. The Bertz CT molecular complexity index is 1350. The van der Waals surface area contributed by atoms with Crippen LogP contribution in [0.3, 0.4) is 0 Å². The van der Waals surface area contributed by atoms with Gasteiger partial charge in [0.15, 0.2) is 4.80 Å². The van der Waals surface area contributed by atoms with E-state index in [0.717, 1.165) is 26.0 Å². The van der Waals surface area contributed by atoms with Crippen LogP contribution in [0.5, 0.6) is 0 Å². The van der Waals surface area contributed by atoms with E-state index in [2.05, 4.69) is 20.9 Å². The van der Waals surface area contributed by atoms with Crippen molar-refractivity contribution in [1.29, 1.82) is 0 Å². The third kappa shape index (κ3) is 5.29. The molecule has 2 aromatic heterocycles. The summed E-state index contributed by atoms with van der Waals surface area (Å²) in [7, 11) is -3.62. The molecule has 1 saturated heterocycles. The van der Waals surface area contributed by atoms with Crippen molar-refractivity contribution in [3.63, 3.8) is 0 Å². The first kappa shape index (κ1) is 24.3. The monoisotopic (exact) mass is 571 g/mol. The summed E-state index contributed by atoms with van der Waals surface area (Å²) < 4.78 is 35.9. The molecule has 1 aliphatic rings. The maximum atomic E-state index is 13.1. The summed E-state index contributed by atoms with van der Waals surface area (Å²) in [6.07, 6.45) is 1.14. The topological polar surface area (TPSA) is 98.0 Å². The van der Waals surface area contributed by atoms with E-state index in [4.69, 9.17) is 4.74 Å². The Morgan fingerprint density at radius 2 is 2.12 bits per heavy atom. The third-order valence-corrected chi connectivity index (χ3v) is 10.0. The number of rotatable bonds is 6. The number of halogens is 1. The first-order valence-electron chi connectivity index (χ1n) is 10.4. The molecule has 3 heterocycles. The molecule has 1 aliphatic heterocycles. The van der Waals surface area contributed by atoms with Crippen molar-refractivity contribution in [2.24, 2.45) is 10.9 Å². The van der Waals surface area contributed by atoms with Gasteiger partial charge in [0.2, 0.25) is 0 Å². The lowest BCUT2D eigenvalue weighted by atomic mass is 9.99. The second-order valence-electron chi connectivity index (χ2n) is 7.47. The summed E-state index contributed by atoms with van der Waals surface area (Å²) in [5.41, 5.74) is 0.772. The molecule has 0 bridgehead atoms. The summed E-state index contributed by atoms with van der Waals surface area (Å²) in [6.45, 7) is 2.40. The zero-order valence-electron chi connectivity index (χ0n) is 17.8. The van der Waals surface area contributed by atoms with Crippen LogP contribution in [-0.4, -0.2) is 48.9 Å². The van der Waals surface area contributed by atoms with E-state index in [9.17, 15) is 18.0 Å². The first-order chi connectivity index (χ1) is 15.8. The fourth-order valence-corrected chi connectivity index (χ4v) is 7.96. The molecule has 4 rings (SSSR count). The highest BCUT2D eigenvalue weighted by atomic mass is 79.9. The van der Waals surface area contributed by atoms with E-state index in [1.54, 1.807) is 29.0 Å². The van der Waals surface area contributed by atoms with Crippen molar-refractivity contribution in [2.45, 2.75) is 30.5 Å². The molecule has 0 radical (unpaired) electrons. The quantitative estimate of drug-likeness (QED) is 0.421. The summed E-state index contributed by atoms with van der Waals surface area (Å²) in [5, 5.41) is 1.72. The van der Waals surface area contributed by atoms with Crippen molar-refractivity contribution in [3.8, 4) is 0 Å². The molecule has 1 aromatic carbocycles. The molecule has 8 nitrogen and oxygen atoms in total. The van der Waals surface area contributed by atoms with Crippen molar-refractivity contribution in [3.05, 3.63) is 45.0 Å². The lowest BCUT2D eigenvalue weighted by molar-refractivity contribution is -0.143. The molecule has 1 atom stereocenters. The van der Waals surface area contributed by atoms with Gasteiger partial charge in [-0.15, -0.1) is 11.3 Å². The van der Waals surface area contributed by atoms with Gasteiger partial charge in [0, 0.05) is 17.6 Å². The van der Waals surface area contributed by atoms with Crippen LogP contribution in [0.2, 0.25) is 0 Å². The Morgan fingerprint density at radius 3 is 2.85 bits per heavy atom. The van der Waals surface area contributed by atoms with Crippen LogP contribution in [0, 0.1) is 5.92 Å². The lowest BCUT2D eigenvalue weighted by Crippen LogP contribution is -2.42. The number of thiophene rings is 1. The second kappa shape index (κ2) is 10.2. The number of carbonyl (C=O) groups excluding carboxylic acids is 2. The number of esters is 1. The molecule has 0 N–H and O–H groups in total. The molecule has 0 aliphatic carbocycles. The number of fused-ring (bicyclic) bond motifs is 1. The number of sulfonamides is 1. The molecule has 0 spiro atoms. The number of aromatic nitrogens is 1. The number of carbonyl (C=O) groups is 2. The Labute approximate surface area is 207 Å². The fraction of sp³-hybridized carbons (Fsp3) is 0.381. The molecule has 1 unspecified atom stereocenters. The Balaban J connectivity index is 1.64. The number of amides is 1. The molecule has 0 saturated carbocycles. The van der Waals surface area contributed by atoms with Crippen LogP contribution in [0.1, 0.15) is 19.8 Å². The number of nitrogens with zero attached hydrogens (tertiary/aromatic N) is 3. The minimum Gasteiger partial charge on any atom is -0.465 e. The maximum Gasteiger partial charge on any atom is 0.326 e. The minimum absolute atomic E-state index is 0.0644. The Kier molecular flexibility index (Phi) is 7.49. The summed E-state index contributed by atoms with van der Waals surface area (Å²) in [6, 6.07) is 8.89. The summed E-state index contributed by atoms with van der Waals surface area (Å²) in [5.74, 6) is -1.34. The minimum atomic E-state index is -3.62. The highest BCUT2D eigenvalue weighted by Gasteiger charge is 2.33. The molecule has 176 valence electrons. The normalized spacial score (nSPS) is 18.0. The van der Waals surface area contributed by atoms with Gasteiger partial charge < -0.3 is 9.30 Å². The zero-order valence-corrected chi connectivity index (χ0v) is 21.8. The fourth-order valence-electron chi connectivity index (χ4n) is 3.71. The molecular weight excluding hydrogens is 550 g/mol. The smallest absolute Gasteiger partial charge is 0.326 e. The van der Waals surface area contributed by atoms with E-state index in [0.29, 0.717) is 24.2 Å². The highest BCUT2D eigenvalue weighted by Crippen LogP contribution is 2.27. The Hall–Kier alpha value is -1.86. The van der Waals surface area contributed by atoms with E-state index < -0.39 is 21.9 Å². The van der Waals surface area contributed by atoms with Gasteiger partial charge in [0.05, 0.1) is 22.7 Å². The predicted molar refractivity (Wildman–Crippen MR) is 131 cm³/mol. The number of thiazole rings is 1. The standard InChI is InChI=1S/C21H22BrN3O5S3/c1-2-30-18(26)13-25-16-8-7-15(22)11-17(16)32-21(25)23-20(27)14-5-3-9-24(12-14)33(28,29)19-6-4-10-31-19/h4,6-8,10-11,14H,2-3,5,9,12-13H2,1H3. The molecule has 12 heteroatoms. The molecule has 33 heavy (non-hydrogen) atoms. The van der Waals surface area contributed by atoms with Crippen molar-refractivity contribution >= 4 is 70.7 Å². The van der Waals surface area contributed by atoms with Crippen LogP contribution in [0.25, 0.3) is 10.2 Å². The highest BCUT2D eigenvalue weighted by molar-refractivity contribution is 9.10. The van der Waals surface area contributed by atoms with Crippen molar-refractivity contribution in [2.75, 3.05) is 19.7 Å². The second-order valence-corrected chi connectivity index (χ2v) is 12.5. The van der Waals surface area contributed by atoms with Crippen molar-refractivity contribution < 1.29 is 22.7 Å². The van der Waals surface area contributed by atoms with Gasteiger partial charge in [0.1, 0.15) is 10.8 Å². The molecule has 1 fully saturated rings. The largest absolute Gasteiger partial charge is 0.465 e. The predicted octanol–water partition coefficient (Wildman–Crippen LogP) is 3.62. The molecular formula is C21H22BrN3O5S3. The van der Waals surface area contributed by atoms with Gasteiger partial charge in [-0.1, -0.05) is 33.3 Å². The van der Waals surface area contributed by atoms with E-state index >= 15 is 0 Å². The Morgan fingerprint density at radius 1 is 1.30 bits per heavy atom. The van der Waals surface area contributed by atoms with Gasteiger partial charge in [-0.25, -0.2) is 8.42 Å². The summed E-state index contributed by atoms with van der Waals surface area (Å²) >= 11 is 5.91. The number of ether oxygens (including phenoxy) is 1. The van der Waals surface area contributed by atoms with Crippen LogP contribution < -0.4 is 4.80 Å². The van der Waals surface area contributed by atoms with Gasteiger partial charge in [-0.2, -0.15) is 9.30 Å². The van der Waals surface area contributed by atoms with Crippen LogP contribution in [-0.2, 0) is 30.9 Å². The third-order valence-electron chi connectivity index (χ3n) is 5.27. The number of hydrogen-bond acceptors (Lipinski definition) is 7. The lowest BCUT2D eigenvalue weighted by Gasteiger charge is -2.29. The van der Waals surface area contributed by atoms with Crippen LogP contribution in [0.4, 0.5) is 0 Å². The van der Waals surface area contributed by atoms with E-state index in [1.165, 1.54) is 15.6 Å². The maximum absolute atomic E-state index is 13.1. The SMILES string of the molecule is CCOC(=O)Cn1c(=NC(=O)C2CCCN(S(=O)(=O)c3cccs3)C2)sc2cc(Br)ccc21. The molecule has 3 aromatic rings. The van der Waals surface area contributed by atoms with Crippen molar-refractivity contribution in [1.82, 2.24) is 8.87 Å². The number of piperidine rings is 1. The number of hydrogen-bond donors (Lipinski definition) is 0. The zero-order chi connectivity index (χ0) is 23.6. The van der Waals surface area contributed by atoms with E-state index in [1.807, 2.05) is 18.2 Å². The molecule has 1 amide bonds. The van der Waals surface area contributed by atoms with Gasteiger partial charge >= 0.3 is 5.97 Å². The first-order valence-corrected chi connectivity index (χ1v) is 14.3. The van der Waals surface area contributed by atoms with E-state index in [-0.39, 0.29) is 29.8 Å². The van der Waals surface area contributed by atoms with Crippen LogP contribution in [0.15, 0.2) is 49.4 Å². The van der Waals surface area contributed by atoms with Gasteiger partial charge in [0.25, 0.3) is 15.9 Å². The number of benzene rings is 1. The van der Waals surface area contributed by atoms with Gasteiger partial charge in [-0.3, -0.25) is 9.59 Å². The van der Waals surface area contributed by atoms with Crippen LogP contribution >= 0.6 is 38.6 Å². The summed E-state index contributed by atoms with van der Waals surface area (Å²) in [4.78, 5) is 30.0. The average Bonchev–Trinajstić information content (AvgIpc) is 3.43. The van der Waals surface area contributed by atoms with Gasteiger partial charge in [-0.05, 0) is 49.4 Å².